The predicted octanol–water partition coefficient (Wildman–Crippen LogP) is 10.5. The maximum absolute atomic E-state index is 14.6. The van der Waals surface area contributed by atoms with Crippen LogP contribution in [0.2, 0.25) is 0 Å². The summed E-state index contributed by atoms with van der Waals surface area (Å²) in [5, 5.41) is 0. The highest BCUT2D eigenvalue weighted by atomic mass is 19.4. The molecule has 222 valence electrons. The van der Waals surface area contributed by atoms with Gasteiger partial charge in [0, 0.05) is 22.5 Å². The zero-order valence-corrected chi connectivity index (χ0v) is 22.7. The first kappa shape index (κ1) is 30.2. The summed E-state index contributed by atoms with van der Waals surface area (Å²) in [5.41, 5.74) is -4.20. The Kier molecular flexibility index (Phi) is 7.56. The van der Waals surface area contributed by atoms with Gasteiger partial charge in [-0.15, -0.1) is 0 Å². The van der Waals surface area contributed by atoms with E-state index in [0.29, 0.717) is 33.6 Å². The molecule has 43 heavy (non-hydrogen) atoms. The van der Waals surface area contributed by atoms with Gasteiger partial charge in [0.15, 0.2) is 0 Å². The van der Waals surface area contributed by atoms with Crippen molar-refractivity contribution in [3.05, 3.63) is 125 Å². The van der Waals surface area contributed by atoms with Crippen molar-refractivity contribution in [2.24, 2.45) is 0 Å². The van der Waals surface area contributed by atoms with Crippen LogP contribution in [0.3, 0.4) is 0 Å². The van der Waals surface area contributed by atoms with Crippen molar-refractivity contribution >= 4 is 6.34 Å². The van der Waals surface area contributed by atoms with E-state index in [9.17, 15) is 39.5 Å². The summed E-state index contributed by atoms with van der Waals surface area (Å²) in [6.45, 7) is 3.52. The molecule has 0 aliphatic heterocycles. The smallest absolute Gasteiger partial charge is 0.362 e. The molecule has 5 aromatic rings. The van der Waals surface area contributed by atoms with Gasteiger partial charge >= 0.3 is 18.5 Å². The van der Waals surface area contributed by atoms with E-state index < -0.39 is 47.0 Å². The standard InChI is InChI=1S/C32H22BF9N/c1-19-10-9-11-20(2)28(19)43-18-33(26(21-12-5-3-6-13-21)29(43)22-14-7-4-8-15-22)27-24(31(37,38)39)16-23(30(34,35)36)17-25(27)32(40,41)42/h3-18H,1-2H3/q-1. The van der Waals surface area contributed by atoms with E-state index in [1.54, 1.807) is 97.3 Å². The van der Waals surface area contributed by atoms with Crippen molar-refractivity contribution in [2.75, 3.05) is 0 Å². The summed E-state index contributed by atoms with van der Waals surface area (Å²) in [6.07, 6.45) is -17.0. The van der Waals surface area contributed by atoms with Crippen molar-refractivity contribution in [1.29, 1.82) is 0 Å². The average molecular weight is 602 g/mol. The summed E-state index contributed by atoms with van der Waals surface area (Å²) >= 11 is 0. The SMILES string of the molecule is Cc1cccc(C)c1-n1c[b-](-c2c(C(F)(F)F)cc(C(F)(F)F)cc2C(F)(F)F)c(-c2ccccc2)c1-c1ccccc1. The van der Waals surface area contributed by atoms with Gasteiger partial charge in [-0.05, 0) is 42.7 Å². The fourth-order valence-electron chi connectivity index (χ4n) is 5.61. The van der Waals surface area contributed by atoms with Crippen LogP contribution in [0.1, 0.15) is 27.8 Å². The van der Waals surface area contributed by atoms with Gasteiger partial charge in [-0.1, -0.05) is 90.8 Å². The maximum atomic E-state index is 14.6. The van der Waals surface area contributed by atoms with E-state index in [-0.39, 0.29) is 17.6 Å². The molecule has 1 aromatic heterocycles. The highest BCUT2D eigenvalue weighted by molar-refractivity contribution is 6.73. The van der Waals surface area contributed by atoms with Crippen LogP contribution in [-0.2, 0) is 18.5 Å². The van der Waals surface area contributed by atoms with Crippen LogP contribution in [0, 0.1) is 13.8 Å². The molecule has 11 heteroatoms. The first-order valence-corrected chi connectivity index (χ1v) is 13.0. The molecule has 0 bridgehead atoms. The summed E-state index contributed by atoms with van der Waals surface area (Å²) in [6, 6.07) is 21.2. The molecule has 0 saturated carbocycles. The van der Waals surface area contributed by atoms with Crippen LogP contribution >= 0.6 is 0 Å². The van der Waals surface area contributed by atoms with E-state index >= 15 is 0 Å². The minimum atomic E-state index is -5.54. The van der Waals surface area contributed by atoms with Crippen LogP contribution in [0.5, 0.6) is 0 Å². The highest BCUT2D eigenvalue weighted by Crippen LogP contribution is 2.48. The van der Waals surface area contributed by atoms with Gasteiger partial charge in [0.25, 0.3) is 0 Å². The number of alkyl halides is 9. The molecule has 0 N–H and O–H groups in total. The van der Waals surface area contributed by atoms with Gasteiger partial charge in [0.05, 0.1) is 5.56 Å². The number of benzene rings is 4. The van der Waals surface area contributed by atoms with E-state index in [1.165, 1.54) is 6.09 Å². The largest absolute Gasteiger partial charge is 0.416 e. The molecule has 1 nitrogen and oxygen atoms in total. The van der Waals surface area contributed by atoms with Crippen molar-refractivity contribution < 1.29 is 39.5 Å². The van der Waals surface area contributed by atoms with Crippen LogP contribution in [-0.4, -0.2) is 10.9 Å². The average Bonchev–Trinajstić information content (AvgIpc) is 3.31. The molecule has 0 fully saturated rings. The third-order valence-electron chi connectivity index (χ3n) is 7.35. The molecule has 0 radical (unpaired) electrons. The van der Waals surface area contributed by atoms with Crippen molar-refractivity contribution in [1.82, 2.24) is 4.57 Å². The highest BCUT2D eigenvalue weighted by Gasteiger charge is 2.43. The Morgan fingerprint density at radius 3 is 1.47 bits per heavy atom. The number of hydrogen-bond donors (Lipinski definition) is 0. The molecule has 5 rings (SSSR count). The molecule has 0 atom stereocenters. The fourth-order valence-corrected chi connectivity index (χ4v) is 5.61. The maximum Gasteiger partial charge on any atom is 0.416 e. The third kappa shape index (κ3) is 5.72. The Labute approximate surface area is 241 Å². The Bertz CT molecular complexity index is 1730. The molecule has 0 spiro atoms. The Morgan fingerprint density at radius 1 is 0.558 bits per heavy atom. The lowest BCUT2D eigenvalue weighted by molar-refractivity contribution is -0.147. The topological polar surface area (TPSA) is 4.93 Å². The second kappa shape index (κ2) is 10.8. The quantitative estimate of drug-likeness (QED) is 0.181. The fraction of sp³-hybridized carbons (Fsp3) is 0.156. The van der Waals surface area contributed by atoms with Gasteiger partial charge < -0.3 is 4.57 Å². The molecular weight excluding hydrogens is 580 g/mol. The van der Waals surface area contributed by atoms with E-state index in [2.05, 4.69) is 0 Å². The van der Waals surface area contributed by atoms with Gasteiger partial charge in [0.2, 0.25) is 0 Å². The first-order valence-electron chi connectivity index (χ1n) is 13.0. The second-order valence-electron chi connectivity index (χ2n) is 10.2. The van der Waals surface area contributed by atoms with Gasteiger partial charge in [-0.25, -0.2) is 0 Å². The molecule has 0 aliphatic carbocycles. The summed E-state index contributed by atoms with van der Waals surface area (Å²) in [7, 11) is 0. The van der Waals surface area contributed by atoms with Crippen molar-refractivity contribution in [3.63, 3.8) is 0 Å². The molecule has 0 amide bonds. The van der Waals surface area contributed by atoms with Crippen LogP contribution in [0.15, 0.2) is 97.1 Å². The summed E-state index contributed by atoms with van der Waals surface area (Å²) in [4.78, 5) is 0. The van der Waals surface area contributed by atoms with E-state index in [0.717, 1.165) is 0 Å². The minimum absolute atomic E-state index is 0.0882. The first-order chi connectivity index (χ1) is 20.1. The normalized spacial score (nSPS) is 12.5. The number of aromatic nitrogens is 1. The lowest BCUT2D eigenvalue weighted by Crippen LogP contribution is -2.21. The Balaban J connectivity index is 2.06. The number of hydrogen-bond acceptors (Lipinski definition) is 0. The number of rotatable bonds is 4. The van der Waals surface area contributed by atoms with Gasteiger partial charge in [0.1, 0.15) is 0 Å². The number of aryl methyl sites for hydroxylation is 2. The Morgan fingerprint density at radius 2 is 1.02 bits per heavy atom. The monoisotopic (exact) mass is 602 g/mol. The molecule has 0 aliphatic rings. The summed E-state index contributed by atoms with van der Waals surface area (Å²) < 4.78 is 130. The third-order valence-corrected chi connectivity index (χ3v) is 7.35. The lowest BCUT2D eigenvalue weighted by atomic mass is 9.53. The summed E-state index contributed by atoms with van der Waals surface area (Å²) in [5.74, 6) is 0. The molecule has 0 unspecified atom stereocenters. The Hall–Kier alpha value is -4.28. The van der Waals surface area contributed by atoms with E-state index in [1.807, 2.05) is 0 Å². The minimum Gasteiger partial charge on any atom is -0.362 e. The van der Waals surface area contributed by atoms with Gasteiger partial charge in [-0.2, -0.15) is 56.5 Å². The van der Waals surface area contributed by atoms with Crippen molar-refractivity contribution in [2.45, 2.75) is 32.4 Å². The van der Waals surface area contributed by atoms with E-state index in [4.69, 9.17) is 0 Å². The van der Waals surface area contributed by atoms with Crippen molar-refractivity contribution in [3.8, 4) is 33.4 Å². The van der Waals surface area contributed by atoms with Crippen LogP contribution < -0.4 is 0 Å². The zero-order chi connectivity index (χ0) is 31.3. The number of para-hydroxylation sites is 1. The molecular formula is C32H22BF9N-. The van der Waals surface area contributed by atoms with Gasteiger partial charge in [-0.3, -0.25) is 0 Å². The molecule has 4 aromatic carbocycles. The second-order valence-corrected chi connectivity index (χ2v) is 10.2. The number of nitrogens with zero attached hydrogens (tertiary/aromatic N) is 1. The zero-order valence-electron chi connectivity index (χ0n) is 22.7. The van der Waals surface area contributed by atoms with Crippen LogP contribution in [0.25, 0.3) is 33.4 Å². The molecule has 0 saturated heterocycles. The molecule has 1 heterocycles. The van der Waals surface area contributed by atoms with Crippen LogP contribution in [0.4, 0.5) is 39.5 Å². The lowest BCUT2D eigenvalue weighted by Gasteiger charge is -2.28. The number of halogens is 9. The predicted molar refractivity (Wildman–Crippen MR) is 148 cm³/mol.